The summed E-state index contributed by atoms with van der Waals surface area (Å²) in [7, 11) is 0. The summed E-state index contributed by atoms with van der Waals surface area (Å²) < 4.78 is 5.54. The largest absolute Gasteiger partial charge is 0.444 e. The van der Waals surface area contributed by atoms with E-state index in [4.69, 9.17) is 4.74 Å². The van der Waals surface area contributed by atoms with E-state index < -0.39 is 23.8 Å². The highest BCUT2D eigenvalue weighted by Gasteiger charge is 2.40. The van der Waals surface area contributed by atoms with Crippen molar-refractivity contribution < 1.29 is 19.1 Å². The zero-order valence-electron chi connectivity index (χ0n) is 27.1. The van der Waals surface area contributed by atoms with E-state index in [0.29, 0.717) is 18.9 Å². The zero-order chi connectivity index (χ0) is 30.6. The molecule has 7 heteroatoms. The first kappa shape index (κ1) is 35.5. The van der Waals surface area contributed by atoms with Crippen LogP contribution in [0.4, 0.5) is 4.79 Å². The molecule has 40 heavy (non-hydrogen) atoms. The van der Waals surface area contributed by atoms with Gasteiger partial charge in [0.25, 0.3) is 0 Å². The van der Waals surface area contributed by atoms with E-state index in [2.05, 4.69) is 31.4 Å². The van der Waals surface area contributed by atoms with Gasteiger partial charge in [0.05, 0.1) is 0 Å². The van der Waals surface area contributed by atoms with E-state index in [1.165, 1.54) is 0 Å². The topological polar surface area (TPSA) is 87.7 Å². The van der Waals surface area contributed by atoms with Gasteiger partial charge in [-0.05, 0) is 83.8 Å². The summed E-state index contributed by atoms with van der Waals surface area (Å²) >= 11 is 0. The number of rotatable bonds is 15. The normalized spacial score (nSPS) is 14.7. The van der Waals surface area contributed by atoms with Crippen LogP contribution >= 0.6 is 0 Å². The second kappa shape index (κ2) is 16.6. The molecule has 1 aromatic rings. The Morgan fingerprint density at radius 3 is 2.17 bits per heavy atom. The van der Waals surface area contributed by atoms with Crippen LogP contribution in [0.2, 0.25) is 0 Å². The highest BCUT2D eigenvalue weighted by atomic mass is 16.6. The molecule has 0 aromatic heterocycles. The third-order valence-corrected chi connectivity index (χ3v) is 7.38. The number of hydrogen-bond acceptors (Lipinski definition) is 4. The van der Waals surface area contributed by atoms with Gasteiger partial charge in [-0.2, -0.15) is 0 Å². The van der Waals surface area contributed by atoms with E-state index in [1.54, 1.807) is 25.7 Å². The third kappa shape index (κ3) is 11.5. The van der Waals surface area contributed by atoms with Crippen LogP contribution in [0.3, 0.4) is 0 Å². The minimum Gasteiger partial charge on any atom is -0.444 e. The fraction of sp³-hybridized carbons (Fsp3) is 0.727. The molecule has 0 aliphatic carbocycles. The molecule has 4 unspecified atom stereocenters. The monoisotopic (exact) mass is 559 g/mol. The van der Waals surface area contributed by atoms with Crippen molar-refractivity contribution in [3.05, 3.63) is 34.9 Å². The fourth-order valence-corrected chi connectivity index (χ4v) is 4.75. The minimum atomic E-state index is -0.832. The summed E-state index contributed by atoms with van der Waals surface area (Å²) in [5, 5.41) is 6.00. The highest BCUT2D eigenvalue weighted by Crippen LogP contribution is 2.31. The molecule has 0 bridgehead atoms. The first-order valence-corrected chi connectivity index (χ1v) is 15.3. The molecule has 4 atom stereocenters. The number of aryl methyl sites for hydroxylation is 2. The summed E-state index contributed by atoms with van der Waals surface area (Å²) in [5.41, 5.74) is 2.10. The molecular weight excluding hydrogens is 502 g/mol. The third-order valence-electron chi connectivity index (χ3n) is 7.38. The molecule has 0 fully saturated rings. The number of ether oxygens (including phenoxy) is 1. The first-order valence-electron chi connectivity index (χ1n) is 15.3. The fourth-order valence-electron chi connectivity index (χ4n) is 4.75. The predicted molar refractivity (Wildman–Crippen MR) is 164 cm³/mol. The average molecular weight is 560 g/mol. The van der Waals surface area contributed by atoms with Crippen LogP contribution in [-0.4, -0.2) is 47.0 Å². The molecular formula is C33H57N3O4. The molecule has 1 rings (SSSR count). The molecule has 0 radical (unpaired) electrons. The van der Waals surface area contributed by atoms with Gasteiger partial charge in [0, 0.05) is 12.6 Å². The standard InChI is InChI=1S/C33H57N3O4/c1-12-14-15-20-34-30(37)29(27-21-23(5)17-18-25(27)7)36(26(8)19-16-22(3)4)31(38)28(24(6)13-2)35-32(39)40-33(9,10)11/h17-18,21-22,24,26,28-29H,12-16,19-20H2,1-11H3,(H,34,37)(H,35,39). The Bertz CT molecular complexity index is 954. The Morgan fingerprint density at radius 1 is 0.975 bits per heavy atom. The molecule has 0 aliphatic heterocycles. The van der Waals surface area contributed by atoms with E-state index in [-0.39, 0.29) is 23.8 Å². The van der Waals surface area contributed by atoms with Crippen LogP contribution in [0.25, 0.3) is 0 Å². The van der Waals surface area contributed by atoms with Gasteiger partial charge in [0.1, 0.15) is 17.7 Å². The summed E-state index contributed by atoms with van der Waals surface area (Å²) in [4.78, 5) is 43.2. The van der Waals surface area contributed by atoms with Crippen LogP contribution in [0.15, 0.2) is 18.2 Å². The van der Waals surface area contributed by atoms with Gasteiger partial charge >= 0.3 is 6.09 Å². The molecule has 0 heterocycles. The van der Waals surface area contributed by atoms with Gasteiger partial charge in [0.2, 0.25) is 11.8 Å². The second-order valence-corrected chi connectivity index (χ2v) is 12.8. The van der Waals surface area contributed by atoms with Crippen molar-refractivity contribution in [1.29, 1.82) is 0 Å². The summed E-state index contributed by atoms with van der Waals surface area (Å²) in [6.07, 6.45) is 4.67. The van der Waals surface area contributed by atoms with Crippen molar-refractivity contribution in [2.75, 3.05) is 6.54 Å². The maximum atomic E-state index is 14.6. The number of hydrogen-bond donors (Lipinski definition) is 2. The molecule has 0 saturated heterocycles. The second-order valence-electron chi connectivity index (χ2n) is 12.8. The number of nitrogens with one attached hydrogen (secondary N) is 2. The number of carbonyl (C=O) groups excluding carboxylic acids is 3. The lowest BCUT2D eigenvalue weighted by atomic mass is 9.91. The number of benzene rings is 1. The Kier molecular flexibility index (Phi) is 14.7. The lowest BCUT2D eigenvalue weighted by Gasteiger charge is -2.40. The summed E-state index contributed by atoms with van der Waals surface area (Å²) in [6, 6.07) is 4.17. The van der Waals surface area contributed by atoms with Gasteiger partial charge < -0.3 is 20.3 Å². The Hall–Kier alpha value is -2.57. The average Bonchev–Trinajstić information content (AvgIpc) is 2.86. The van der Waals surface area contributed by atoms with Gasteiger partial charge in [-0.1, -0.05) is 77.6 Å². The quantitative estimate of drug-likeness (QED) is 0.222. The minimum absolute atomic E-state index is 0.160. The maximum absolute atomic E-state index is 14.6. The molecule has 228 valence electrons. The van der Waals surface area contributed by atoms with Crippen LogP contribution < -0.4 is 10.6 Å². The van der Waals surface area contributed by atoms with Gasteiger partial charge in [0.15, 0.2) is 0 Å². The smallest absolute Gasteiger partial charge is 0.408 e. The highest BCUT2D eigenvalue weighted by molar-refractivity contribution is 5.92. The zero-order valence-corrected chi connectivity index (χ0v) is 27.1. The number of nitrogens with zero attached hydrogens (tertiary/aromatic N) is 1. The van der Waals surface area contributed by atoms with Crippen molar-refractivity contribution in [2.45, 2.75) is 138 Å². The number of alkyl carbamates (subject to hydrolysis) is 1. The maximum Gasteiger partial charge on any atom is 0.408 e. The SMILES string of the molecule is CCCCCNC(=O)C(c1cc(C)ccc1C)N(C(=O)C(NC(=O)OC(C)(C)C)C(C)CC)C(C)CCC(C)C. The first-order chi connectivity index (χ1) is 18.6. The molecule has 3 amide bonds. The molecule has 2 N–H and O–H groups in total. The van der Waals surface area contributed by atoms with E-state index >= 15 is 0 Å². The van der Waals surface area contributed by atoms with Gasteiger partial charge in [-0.15, -0.1) is 0 Å². The number of unbranched alkanes of at least 4 members (excludes halogenated alkanes) is 2. The molecule has 0 spiro atoms. The summed E-state index contributed by atoms with van der Waals surface area (Å²) in [6.45, 7) is 22.4. The Balaban J connectivity index is 3.68. The van der Waals surface area contributed by atoms with Gasteiger partial charge in [-0.25, -0.2) is 4.79 Å². The predicted octanol–water partition coefficient (Wildman–Crippen LogP) is 7.24. The lowest BCUT2D eigenvalue weighted by Crippen LogP contribution is -2.57. The number of carbonyl (C=O) groups is 3. The van der Waals surface area contributed by atoms with Crippen LogP contribution in [0, 0.1) is 25.7 Å². The van der Waals surface area contributed by atoms with E-state index in [9.17, 15) is 14.4 Å². The number of amides is 3. The van der Waals surface area contributed by atoms with Crippen molar-refractivity contribution >= 4 is 17.9 Å². The molecule has 7 nitrogen and oxygen atoms in total. The molecule has 0 saturated carbocycles. The Labute approximate surface area is 244 Å². The van der Waals surface area contributed by atoms with Crippen LogP contribution in [0.5, 0.6) is 0 Å². The molecule has 1 aromatic carbocycles. The lowest BCUT2D eigenvalue weighted by molar-refractivity contribution is -0.146. The van der Waals surface area contributed by atoms with Crippen molar-refractivity contribution in [1.82, 2.24) is 15.5 Å². The Morgan fingerprint density at radius 2 is 1.62 bits per heavy atom. The molecule has 0 aliphatic rings. The van der Waals surface area contributed by atoms with E-state index in [1.807, 2.05) is 52.8 Å². The van der Waals surface area contributed by atoms with E-state index in [0.717, 1.165) is 48.8 Å². The van der Waals surface area contributed by atoms with Crippen molar-refractivity contribution in [3.8, 4) is 0 Å². The van der Waals surface area contributed by atoms with Crippen molar-refractivity contribution in [2.24, 2.45) is 11.8 Å². The summed E-state index contributed by atoms with van der Waals surface area (Å²) in [5.74, 6) is -0.154. The van der Waals surface area contributed by atoms with Crippen LogP contribution in [0.1, 0.15) is 124 Å². The van der Waals surface area contributed by atoms with Crippen LogP contribution in [-0.2, 0) is 14.3 Å². The van der Waals surface area contributed by atoms with Crippen molar-refractivity contribution in [3.63, 3.8) is 0 Å². The van der Waals surface area contributed by atoms with Gasteiger partial charge in [-0.3, -0.25) is 9.59 Å².